The average Bonchev–Trinajstić information content (AvgIpc) is 2.42. The van der Waals surface area contributed by atoms with Crippen molar-refractivity contribution >= 4 is 10.8 Å². The summed E-state index contributed by atoms with van der Waals surface area (Å²) in [6, 6.07) is 12.2. The van der Waals surface area contributed by atoms with Crippen molar-refractivity contribution in [3.8, 4) is 11.5 Å². The molecule has 0 saturated heterocycles. The number of hydrogen-bond donors (Lipinski definition) is 0. The Morgan fingerprint density at radius 1 is 0.850 bits per heavy atom. The van der Waals surface area contributed by atoms with Crippen molar-refractivity contribution in [2.75, 3.05) is 13.2 Å². The quantitative estimate of drug-likeness (QED) is 0.704. The van der Waals surface area contributed by atoms with Crippen molar-refractivity contribution in [1.29, 1.82) is 0 Å². The molecule has 0 unspecified atom stereocenters. The molecule has 0 aliphatic rings. The Labute approximate surface area is 120 Å². The van der Waals surface area contributed by atoms with Gasteiger partial charge in [-0.3, -0.25) is 0 Å². The first-order chi connectivity index (χ1) is 9.56. The fourth-order valence-electron chi connectivity index (χ4n) is 1.83. The third kappa shape index (κ3) is 3.64. The van der Waals surface area contributed by atoms with Crippen molar-refractivity contribution in [3.05, 3.63) is 60.7 Å². The summed E-state index contributed by atoms with van der Waals surface area (Å²) in [5.74, 6) is 1.49. The van der Waals surface area contributed by atoms with Crippen LogP contribution in [0.1, 0.15) is 13.8 Å². The summed E-state index contributed by atoms with van der Waals surface area (Å²) < 4.78 is 11.6. The van der Waals surface area contributed by atoms with Crippen LogP contribution >= 0.6 is 0 Å². The Morgan fingerprint density at radius 2 is 1.25 bits per heavy atom. The van der Waals surface area contributed by atoms with E-state index in [9.17, 15) is 0 Å². The minimum Gasteiger partial charge on any atom is -0.485 e. The molecule has 0 aromatic heterocycles. The topological polar surface area (TPSA) is 18.5 Å². The Balaban J connectivity index is 2.35. The van der Waals surface area contributed by atoms with Crippen molar-refractivity contribution in [2.24, 2.45) is 0 Å². The van der Waals surface area contributed by atoms with Gasteiger partial charge in [-0.2, -0.15) is 0 Å². The number of benzene rings is 2. The highest BCUT2D eigenvalue weighted by Gasteiger charge is 2.08. The molecule has 2 aromatic rings. The van der Waals surface area contributed by atoms with Crippen LogP contribution in [0.3, 0.4) is 0 Å². The van der Waals surface area contributed by atoms with Gasteiger partial charge < -0.3 is 9.47 Å². The molecular formula is C18H20O2. The van der Waals surface area contributed by atoms with Gasteiger partial charge in [0.15, 0.2) is 11.5 Å². The summed E-state index contributed by atoms with van der Waals surface area (Å²) in [4.78, 5) is 0. The summed E-state index contributed by atoms with van der Waals surface area (Å²) in [5.41, 5.74) is 1.95. The molecule has 2 heteroatoms. The Bertz CT molecular complexity index is 584. The van der Waals surface area contributed by atoms with Crippen LogP contribution in [0, 0.1) is 0 Å². The lowest BCUT2D eigenvalue weighted by atomic mass is 10.1. The van der Waals surface area contributed by atoms with Gasteiger partial charge in [-0.1, -0.05) is 37.4 Å². The number of hydrogen-bond acceptors (Lipinski definition) is 2. The van der Waals surface area contributed by atoms with Gasteiger partial charge in [0, 0.05) is 0 Å². The zero-order chi connectivity index (χ0) is 14.5. The summed E-state index contributed by atoms with van der Waals surface area (Å²) in [6.45, 7) is 12.6. The molecule has 0 radical (unpaired) electrons. The predicted octanol–water partition coefficient (Wildman–Crippen LogP) is 4.75. The highest BCUT2D eigenvalue weighted by atomic mass is 16.5. The van der Waals surface area contributed by atoms with Crippen molar-refractivity contribution in [1.82, 2.24) is 0 Å². The molecule has 2 aromatic carbocycles. The van der Waals surface area contributed by atoms with E-state index in [1.807, 2.05) is 38.1 Å². The van der Waals surface area contributed by atoms with Crippen LogP contribution in [0.5, 0.6) is 11.5 Å². The van der Waals surface area contributed by atoms with Gasteiger partial charge in [-0.15, -0.1) is 0 Å². The van der Waals surface area contributed by atoms with Crippen LogP contribution in [0.15, 0.2) is 60.7 Å². The minimum atomic E-state index is 0.488. The molecule has 0 spiro atoms. The van der Waals surface area contributed by atoms with Crippen LogP contribution in [0.2, 0.25) is 0 Å². The van der Waals surface area contributed by atoms with E-state index < -0.39 is 0 Å². The third-order valence-corrected chi connectivity index (χ3v) is 2.76. The smallest absolute Gasteiger partial charge is 0.162 e. The van der Waals surface area contributed by atoms with Crippen LogP contribution in [0.25, 0.3) is 10.8 Å². The molecule has 0 saturated carbocycles. The Kier molecular flexibility index (Phi) is 4.46. The summed E-state index contributed by atoms with van der Waals surface area (Å²) in [5, 5.41) is 2.26. The lowest BCUT2D eigenvalue weighted by Crippen LogP contribution is -2.03. The maximum absolute atomic E-state index is 5.78. The number of rotatable bonds is 6. The second kappa shape index (κ2) is 6.29. The molecule has 2 rings (SSSR count). The third-order valence-electron chi connectivity index (χ3n) is 2.76. The van der Waals surface area contributed by atoms with E-state index in [0.29, 0.717) is 13.2 Å². The first kappa shape index (κ1) is 14.2. The second-order valence-electron chi connectivity index (χ2n) is 5.14. The molecule has 0 aliphatic heterocycles. The monoisotopic (exact) mass is 268 g/mol. The second-order valence-corrected chi connectivity index (χ2v) is 5.14. The Morgan fingerprint density at radius 3 is 1.60 bits per heavy atom. The molecular weight excluding hydrogens is 248 g/mol. The Hall–Kier alpha value is -2.22. The van der Waals surface area contributed by atoms with E-state index >= 15 is 0 Å². The van der Waals surface area contributed by atoms with Gasteiger partial charge in [0.1, 0.15) is 13.2 Å². The van der Waals surface area contributed by atoms with E-state index in [2.05, 4.69) is 25.3 Å². The fraction of sp³-hybridized carbons (Fsp3) is 0.222. The van der Waals surface area contributed by atoms with E-state index in [0.717, 1.165) is 33.4 Å². The predicted molar refractivity (Wildman–Crippen MR) is 84.6 cm³/mol. The summed E-state index contributed by atoms with van der Waals surface area (Å²) in [6.07, 6.45) is 0. The molecule has 0 bridgehead atoms. The zero-order valence-electron chi connectivity index (χ0n) is 12.1. The van der Waals surface area contributed by atoms with Crippen LogP contribution in [0.4, 0.5) is 0 Å². The van der Waals surface area contributed by atoms with Crippen LogP contribution in [-0.2, 0) is 0 Å². The maximum Gasteiger partial charge on any atom is 0.162 e. The van der Waals surface area contributed by atoms with Crippen LogP contribution < -0.4 is 9.47 Å². The molecule has 104 valence electrons. The maximum atomic E-state index is 5.78. The molecule has 0 fully saturated rings. The summed E-state index contributed by atoms with van der Waals surface area (Å²) >= 11 is 0. The minimum absolute atomic E-state index is 0.488. The van der Waals surface area contributed by atoms with E-state index in [1.165, 1.54) is 0 Å². The standard InChI is InChI=1S/C18H20O2/c1-13(2)11-19-17-9-15-7-5-6-8-16(15)10-18(17)20-12-14(3)4/h5-10H,1,3,11-12H2,2,4H3. The average molecular weight is 268 g/mol. The van der Waals surface area contributed by atoms with Gasteiger partial charge in [0.05, 0.1) is 0 Å². The van der Waals surface area contributed by atoms with Crippen molar-refractivity contribution < 1.29 is 9.47 Å². The van der Waals surface area contributed by atoms with E-state index in [1.54, 1.807) is 0 Å². The van der Waals surface area contributed by atoms with E-state index in [4.69, 9.17) is 9.47 Å². The SMILES string of the molecule is C=C(C)COc1cc2ccccc2cc1OCC(=C)C. The summed E-state index contributed by atoms with van der Waals surface area (Å²) in [7, 11) is 0. The van der Waals surface area contributed by atoms with Crippen molar-refractivity contribution in [3.63, 3.8) is 0 Å². The van der Waals surface area contributed by atoms with Gasteiger partial charge in [0.2, 0.25) is 0 Å². The van der Waals surface area contributed by atoms with E-state index in [-0.39, 0.29) is 0 Å². The van der Waals surface area contributed by atoms with Gasteiger partial charge in [-0.05, 0) is 47.9 Å². The lowest BCUT2D eigenvalue weighted by molar-refractivity contribution is 0.300. The molecule has 0 aliphatic carbocycles. The van der Waals surface area contributed by atoms with Gasteiger partial charge in [0.25, 0.3) is 0 Å². The van der Waals surface area contributed by atoms with Crippen molar-refractivity contribution in [2.45, 2.75) is 13.8 Å². The van der Waals surface area contributed by atoms with Gasteiger partial charge >= 0.3 is 0 Å². The molecule has 0 N–H and O–H groups in total. The molecule has 20 heavy (non-hydrogen) atoms. The fourth-order valence-corrected chi connectivity index (χ4v) is 1.83. The largest absolute Gasteiger partial charge is 0.485 e. The molecule has 0 heterocycles. The number of fused-ring (bicyclic) bond motifs is 1. The first-order valence-electron chi connectivity index (χ1n) is 6.63. The molecule has 2 nitrogen and oxygen atoms in total. The van der Waals surface area contributed by atoms with Crippen LogP contribution in [-0.4, -0.2) is 13.2 Å². The lowest BCUT2D eigenvalue weighted by Gasteiger charge is -2.14. The highest BCUT2D eigenvalue weighted by Crippen LogP contribution is 2.33. The highest BCUT2D eigenvalue weighted by molar-refractivity contribution is 5.86. The van der Waals surface area contributed by atoms with Gasteiger partial charge in [-0.25, -0.2) is 0 Å². The molecule has 0 amide bonds. The zero-order valence-corrected chi connectivity index (χ0v) is 12.1. The normalized spacial score (nSPS) is 10.3. The first-order valence-corrected chi connectivity index (χ1v) is 6.63. The molecule has 0 atom stereocenters. The number of ether oxygens (including phenoxy) is 2.